The van der Waals surface area contributed by atoms with Gasteiger partial charge in [0.1, 0.15) is 5.75 Å². The monoisotopic (exact) mass is 325 g/mol. The number of hydrogen-bond acceptors (Lipinski definition) is 3. The van der Waals surface area contributed by atoms with Crippen LogP contribution in [0.2, 0.25) is 0 Å². The van der Waals surface area contributed by atoms with Crippen LogP contribution < -0.4 is 10.1 Å². The first-order valence-corrected chi connectivity index (χ1v) is 9.00. The molecule has 0 bridgehead atoms. The lowest BCUT2D eigenvalue weighted by atomic mass is 9.95. The van der Waals surface area contributed by atoms with Gasteiger partial charge in [-0.15, -0.1) is 0 Å². The Labute approximate surface area is 144 Å². The van der Waals surface area contributed by atoms with Gasteiger partial charge in [0.25, 0.3) is 0 Å². The Bertz CT molecular complexity index is 608. The first-order chi connectivity index (χ1) is 11.8. The van der Waals surface area contributed by atoms with E-state index in [0.717, 1.165) is 37.1 Å². The Morgan fingerprint density at radius 3 is 2.62 bits per heavy atom. The van der Waals surface area contributed by atoms with E-state index in [1.54, 1.807) is 0 Å². The van der Waals surface area contributed by atoms with Crippen LogP contribution in [-0.4, -0.2) is 24.3 Å². The van der Waals surface area contributed by atoms with E-state index in [0.29, 0.717) is 12.6 Å². The third kappa shape index (κ3) is 4.83. The zero-order chi connectivity index (χ0) is 16.6. The lowest BCUT2D eigenvalue weighted by Crippen LogP contribution is -2.35. The minimum Gasteiger partial charge on any atom is -0.493 e. The lowest BCUT2D eigenvalue weighted by Gasteiger charge is -2.26. The molecule has 1 aliphatic rings. The first kappa shape index (κ1) is 17.0. The SMILES string of the molecule is OC(CC1CCCCN1)c1ccccc1OCCc1ccccc1. The topological polar surface area (TPSA) is 41.5 Å². The molecule has 128 valence electrons. The molecule has 1 fully saturated rings. The molecule has 0 spiro atoms. The van der Waals surface area contributed by atoms with Gasteiger partial charge in [0.2, 0.25) is 0 Å². The van der Waals surface area contributed by atoms with Gasteiger partial charge in [-0.1, -0.05) is 55.0 Å². The van der Waals surface area contributed by atoms with E-state index in [1.165, 1.54) is 18.4 Å². The predicted octanol–water partition coefficient (Wildman–Crippen LogP) is 3.87. The van der Waals surface area contributed by atoms with Gasteiger partial charge in [-0.25, -0.2) is 0 Å². The quantitative estimate of drug-likeness (QED) is 0.812. The van der Waals surface area contributed by atoms with E-state index >= 15 is 0 Å². The average Bonchev–Trinajstić information content (AvgIpc) is 2.64. The van der Waals surface area contributed by atoms with E-state index < -0.39 is 6.10 Å². The van der Waals surface area contributed by atoms with Crippen molar-refractivity contribution in [3.63, 3.8) is 0 Å². The molecular formula is C21H27NO2. The largest absolute Gasteiger partial charge is 0.493 e. The molecule has 0 amide bonds. The second kappa shape index (κ2) is 8.86. The summed E-state index contributed by atoms with van der Waals surface area (Å²) in [5.41, 5.74) is 2.17. The van der Waals surface area contributed by atoms with Crippen molar-refractivity contribution in [2.45, 2.75) is 44.2 Å². The van der Waals surface area contributed by atoms with E-state index in [4.69, 9.17) is 4.74 Å². The highest BCUT2D eigenvalue weighted by molar-refractivity contribution is 5.35. The molecule has 2 aromatic rings. The molecule has 3 nitrogen and oxygen atoms in total. The fraction of sp³-hybridized carbons (Fsp3) is 0.429. The minimum atomic E-state index is -0.478. The molecule has 0 aliphatic carbocycles. The van der Waals surface area contributed by atoms with Crippen LogP contribution in [0.5, 0.6) is 5.75 Å². The summed E-state index contributed by atoms with van der Waals surface area (Å²) in [6.07, 6.45) is 4.78. The maximum Gasteiger partial charge on any atom is 0.125 e. The molecule has 2 N–H and O–H groups in total. The van der Waals surface area contributed by atoms with Gasteiger partial charge in [0.15, 0.2) is 0 Å². The summed E-state index contributed by atoms with van der Waals surface area (Å²) in [6.45, 7) is 1.68. The highest BCUT2D eigenvalue weighted by atomic mass is 16.5. The molecule has 3 rings (SSSR count). The van der Waals surface area contributed by atoms with Crippen molar-refractivity contribution in [2.24, 2.45) is 0 Å². The number of hydrogen-bond donors (Lipinski definition) is 2. The van der Waals surface area contributed by atoms with Crippen LogP contribution >= 0.6 is 0 Å². The molecule has 2 aromatic carbocycles. The fourth-order valence-electron chi connectivity index (χ4n) is 3.33. The summed E-state index contributed by atoms with van der Waals surface area (Å²) in [7, 11) is 0. The molecule has 0 saturated carbocycles. The third-order valence-electron chi connectivity index (χ3n) is 4.69. The number of aliphatic hydroxyl groups is 1. The van der Waals surface area contributed by atoms with Crippen molar-refractivity contribution in [1.82, 2.24) is 5.32 Å². The van der Waals surface area contributed by atoms with Crippen molar-refractivity contribution >= 4 is 0 Å². The number of ether oxygens (including phenoxy) is 1. The van der Waals surface area contributed by atoms with Crippen LogP contribution in [0.25, 0.3) is 0 Å². The van der Waals surface area contributed by atoms with E-state index in [9.17, 15) is 5.11 Å². The number of benzene rings is 2. The second-order valence-corrected chi connectivity index (χ2v) is 6.52. The Kier molecular flexibility index (Phi) is 6.27. The minimum absolute atomic E-state index is 0.408. The summed E-state index contributed by atoms with van der Waals surface area (Å²) in [6, 6.07) is 18.6. The van der Waals surface area contributed by atoms with Gasteiger partial charge < -0.3 is 15.2 Å². The maximum atomic E-state index is 10.6. The van der Waals surface area contributed by atoms with Gasteiger partial charge in [-0.05, 0) is 37.4 Å². The van der Waals surface area contributed by atoms with Crippen LogP contribution in [0.3, 0.4) is 0 Å². The van der Waals surface area contributed by atoms with Crippen LogP contribution in [-0.2, 0) is 6.42 Å². The standard InChI is InChI=1S/C21H27NO2/c23-20(16-18-10-6-7-14-22-18)19-11-4-5-12-21(19)24-15-13-17-8-2-1-3-9-17/h1-5,8-9,11-12,18,20,22-23H,6-7,10,13-16H2. The maximum absolute atomic E-state index is 10.6. The zero-order valence-electron chi connectivity index (χ0n) is 14.2. The number of aliphatic hydroxyl groups excluding tert-OH is 1. The second-order valence-electron chi connectivity index (χ2n) is 6.52. The Balaban J connectivity index is 1.57. The van der Waals surface area contributed by atoms with E-state index in [2.05, 4.69) is 17.4 Å². The molecule has 24 heavy (non-hydrogen) atoms. The van der Waals surface area contributed by atoms with Gasteiger partial charge >= 0.3 is 0 Å². The molecule has 2 atom stereocenters. The van der Waals surface area contributed by atoms with Gasteiger partial charge in [0.05, 0.1) is 12.7 Å². The Morgan fingerprint density at radius 2 is 1.83 bits per heavy atom. The zero-order valence-corrected chi connectivity index (χ0v) is 14.2. The highest BCUT2D eigenvalue weighted by Gasteiger charge is 2.20. The van der Waals surface area contributed by atoms with Crippen molar-refractivity contribution in [2.75, 3.05) is 13.2 Å². The predicted molar refractivity (Wildman–Crippen MR) is 97.3 cm³/mol. The summed E-state index contributed by atoms with van der Waals surface area (Å²) in [5.74, 6) is 0.803. The number of rotatable bonds is 7. The van der Waals surface area contributed by atoms with Crippen molar-refractivity contribution in [3.05, 3.63) is 65.7 Å². The third-order valence-corrected chi connectivity index (χ3v) is 4.69. The lowest BCUT2D eigenvalue weighted by molar-refractivity contribution is 0.140. The Morgan fingerprint density at radius 1 is 1.04 bits per heavy atom. The first-order valence-electron chi connectivity index (χ1n) is 9.00. The Hall–Kier alpha value is -1.84. The molecule has 3 heteroatoms. The van der Waals surface area contributed by atoms with Crippen molar-refractivity contribution in [1.29, 1.82) is 0 Å². The smallest absolute Gasteiger partial charge is 0.125 e. The molecule has 0 aromatic heterocycles. The summed E-state index contributed by atoms with van der Waals surface area (Å²) < 4.78 is 5.97. The fourth-order valence-corrected chi connectivity index (χ4v) is 3.33. The molecule has 1 aliphatic heterocycles. The molecule has 2 unspecified atom stereocenters. The average molecular weight is 325 g/mol. The van der Waals surface area contributed by atoms with Gasteiger partial charge in [-0.3, -0.25) is 0 Å². The number of para-hydroxylation sites is 1. The van der Waals surface area contributed by atoms with Crippen molar-refractivity contribution in [3.8, 4) is 5.75 Å². The number of nitrogens with one attached hydrogen (secondary N) is 1. The molecule has 0 radical (unpaired) electrons. The summed E-state index contributed by atoms with van der Waals surface area (Å²) in [4.78, 5) is 0. The number of piperidine rings is 1. The summed E-state index contributed by atoms with van der Waals surface area (Å²) >= 11 is 0. The van der Waals surface area contributed by atoms with Gasteiger partial charge in [-0.2, -0.15) is 0 Å². The normalized spacial score (nSPS) is 19.0. The van der Waals surface area contributed by atoms with Crippen LogP contribution in [0, 0.1) is 0 Å². The van der Waals surface area contributed by atoms with Crippen LogP contribution in [0.4, 0.5) is 0 Å². The van der Waals surface area contributed by atoms with Gasteiger partial charge in [0, 0.05) is 18.0 Å². The highest BCUT2D eigenvalue weighted by Crippen LogP contribution is 2.29. The molecule has 1 saturated heterocycles. The van der Waals surface area contributed by atoms with E-state index in [1.807, 2.05) is 42.5 Å². The van der Waals surface area contributed by atoms with E-state index in [-0.39, 0.29) is 0 Å². The van der Waals surface area contributed by atoms with Crippen LogP contribution in [0.1, 0.15) is 42.9 Å². The molecule has 1 heterocycles. The molecular weight excluding hydrogens is 298 g/mol. The van der Waals surface area contributed by atoms with Crippen molar-refractivity contribution < 1.29 is 9.84 Å². The van der Waals surface area contributed by atoms with Crippen LogP contribution in [0.15, 0.2) is 54.6 Å². The summed E-state index contributed by atoms with van der Waals surface area (Å²) in [5, 5.41) is 14.2.